The molecule has 0 aliphatic carbocycles. The van der Waals surface area contributed by atoms with E-state index >= 15 is 0 Å². The van der Waals surface area contributed by atoms with Crippen molar-refractivity contribution >= 4 is 70.0 Å². The van der Waals surface area contributed by atoms with Gasteiger partial charge in [0.1, 0.15) is 8.42 Å². The van der Waals surface area contributed by atoms with Gasteiger partial charge in [0.2, 0.25) is 6.41 Å². The van der Waals surface area contributed by atoms with Crippen molar-refractivity contribution in [3.8, 4) is 0 Å². The van der Waals surface area contributed by atoms with Crippen molar-refractivity contribution in [1.29, 1.82) is 0 Å². The smallest absolute Gasteiger partial charge is 0.409 e. The maximum atomic E-state index is 13.2. The molecule has 1 unspecified atom stereocenters. The molecule has 5 atom stereocenters. The van der Waals surface area contributed by atoms with Gasteiger partial charge in [-0.05, 0) is 67.3 Å². The third-order valence-electron chi connectivity index (χ3n) is 7.40. The van der Waals surface area contributed by atoms with Crippen LogP contribution in [-0.2, 0) is 29.1 Å². The molecule has 4 rings (SSSR count). The Labute approximate surface area is 251 Å². The van der Waals surface area contributed by atoms with E-state index < -0.39 is 48.7 Å². The molecule has 4 heterocycles. The average Bonchev–Trinajstić information content (AvgIpc) is 3.55. The molecule has 0 spiro atoms. The summed E-state index contributed by atoms with van der Waals surface area (Å²) in [6, 6.07) is 2.92. The number of hydrogen-bond acceptors (Lipinski definition) is 13. The second-order valence-electron chi connectivity index (χ2n) is 9.65. The first-order valence-electron chi connectivity index (χ1n) is 12.7. The van der Waals surface area contributed by atoms with Crippen LogP contribution in [0.25, 0.3) is 0 Å². The van der Waals surface area contributed by atoms with E-state index in [4.69, 9.17) is 9.47 Å². The number of rotatable bonds is 9. The highest BCUT2D eigenvalue weighted by Crippen LogP contribution is 2.53. The highest BCUT2D eigenvalue weighted by atomic mass is 33.1. The van der Waals surface area contributed by atoms with Gasteiger partial charge in [-0.1, -0.05) is 6.92 Å². The summed E-state index contributed by atoms with van der Waals surface area (Å²) in [6.07, 6.45) is -1.05. The highest BCUT2D eigenvalue weighted by Gasteiger charge is 2.43. The molecule has 2 aliphatic heterocycles. The number of fused-ring (bicyclic) bond motifs is 2. The lowest BCUT2D eigenvalue weighted by molar-refractivity contribution is -0.191. The molecule has 2 aliphatic rings. The summed E-state index contributed by atoms with van der Waals surface area (Å²) in [7, 11) is -1.63. The van der Waals surface area contributed by atoms with Gasteiger partial charge in [-0.15, -0.1) is 22.7 Å². The van der Waals surface area contributed by atoms with Crippen LogP contribution in [0.4, 0.5) is 4.79 Å². The Morgan fingerprint density at radius 2 is 1.43 bits per heavy atom. The molecule has 1 N–H and O–H groups in total. The van der Waals surface area contributed by atoms with Crippen LogP contribution in [0.3, 0.4) is 0 Å². The Kier molecular flexibility index (Phi) is 9.95. The highest BCUT2D eigenvalue weighted by molar-refractivity contribution is 8.77. The summed E-state index contributed by atoms with van der Waals surface area (Å²) in [5, 5.41) is 9.15. The van der Waals surface area contributed by atoms with Gasteiger partial charge >= 0.3 is 6.09 Å². The number of amides is 1. The van der Waals surface area contributed by atoms with Crippen LogP contribution in [-0.4, -0.2) is 82.1 Å². The fourth-order valence-electron chi connectivity index (χ4n) is 5.18. The van der Waals surface area contributed by atoms with Crippen molar-refractivity contribution in [2.75, 3.05) is 27.3 Å². The van der Waals surface area contributed by atoms with Crippen molar-refractivity contribution in [3.05, 3.63) is 23.3 Å². The molecule has 0 bridgehead atoms. The lowest BCUT2D eigenvalue weighted by atomic mass is 10.0. The van der Waals surface area contributed by atoms with E-state index in [2.05, 4.69) is 0 Å². The third-order valence-corrected chi connectivity index (χ3v) is 18.4. The lowest BCUT2D eigenvalue weighted by Crippen LogP contribution is -2.43. The standard InChI is InChI=1S/C24H34N2O8S6/c1-7-25(23(27)33-5)17-9-13(3)39(29,30)21-15(17)11-19(35-21)37-38-20-12-16-18(26(8-2)24(28)34-6)10-14(4)40(31,32)22(16)36-20/h11-14,17-18,23,27H,7-10H2,1-6H3/t13-,14-,17-,18-,23?/m0/s1. The van der Waals surface area contributed by atoms with E-state index in [1.807, 2.05) is 26.0 Å². The normalized spacial score (nSPS) is 25.7. The first-order chi connectivity index (χ1) is 18.8. The van der Waals surface area contributed by atoms with Gasteiger partial charge in [0, 0.05) is 37.4 Å². The van der Waals surface area contributed by atoms with Gasteiger partial charge in [0.15, 0.2) is 19.7 Å². The van der Waals surface area contributed by atoms with E-state index in [-0.39, 0.29) is 16.7 Å². The first-order valence-corrected chi connectivity index (χ1v) is 19.6. The molecule has 16 heteroatoms. The zero-order valence-electron chi connectivity index (χ0n) is 23.0. The number of methoxy groups -OCH3 is 2. The summed E-state index contributed by atoms with van der Waals surface area (Å²) < 4.78 is 64.9. The zero-order chi connectivity index (χ0) is 29.6. The van der Waals surface area contributed by atoms with Crippen LogP contribution >= 0.6 is 44.3 Å². The number of hydrogen-bond donors (Lipinski definition) is 1. The molecular formula is C24H34N2O8S6. The molecule has 224 valence electrons. The Morgan fingerprint density at radius 1 is 0.950 bits per heavy atom. The fourth-order valence-corrected chi connectivity index (χ4v) is 15.3. The van der Waals surface area contributed by atoms with Crippen LogP contribution in [0, 0.1) is 0 Å². The summed E-state index contributed by atoms with van der Waals surface area (Å²) in [4.78, 5) is 15.7. The van der Waals surface area contributed by atoms with Crippen molar-refractivity contribution in [2.24, 2.45) is 0 Å². The van der Waals surface area contributed by atoms with Crippen LogP contribution in [0.2, 0.25) is 0 Å². The number of ether oxygens (including phenoxy) is 2. The van der Waals surface area contributed by atoms with E-state index in [0.717, 1.165) is 8.42 Å². The molecule has 1 amide bonds. The summed E-state index contributed by atoms with van der Waals surface area (Å²) in [5.41, 5.74) is 1.23. The van der Waals surface area contributed by atoms with Crippen LogP contribution in [0.15, 0.2) is 29.0 Å². The average molecular weight is 671 g/mol. The van der Waals surface area contributed by atoms with Crippen molar-refractivity contribution in [3.63, 3.8) is 0 Å². The molecule has 0 radical (unpaired) electrons. The van der Waals surface area contributed by atoms with Gasteiger partial charge in [-0.3, -0.25) is 0 Å². The number of aliphatic hydroxyl groups is 1. The predicted octanol–water partition coefficient (Wildman–Crippen LogP) is 5.16. The van der Waals surface area contributed by atoms with Gasteiger partial charge in [0.25, 0.3) is 0 Å². The SMILES string of the molecule is CCN(C(=O)OC)[C@H]1C[C@H](C)S(=O)(=O)c2sc(SSc3cc4c(s3)S(=O)(=O)[C@@H](C)C[C@@H]4N(CC)C(O)OC)cc21. The summed E-state index contributed by atoms with van der Waals surface area (Å²) in [6.45, 7) is 7.89. The number of carbonyl (C=O) groups is 1. The molecule has 0 saturated carbocycles. The monoisotopic (exact) mass is 670 g/mol. The minimum atomic E-state index is -3.54. The van der Waals surface area contributed by atoms with Crippen LogP contribution in [0.5, 0.6) is 0 Å². The van der Waals surface area contributed by atoms with E-state index in [1.165, 1.54) is 58.5 Å². The Morgan fingerprint density at radius 3 is 1.85 bits per heavy atom. The Hall–Kier alpha value is -0.850. The van der Waals surface area contributed by atoms with E-state index in [0.29, 0.717) is 34.8 Å². The van der Waals surface area contributed by atoms with Gasteiger partial charge in [-0.2, -0.15) is 0 Å². The molecule has 40 heavy (non-hydrogen) atoms. The molecule has 2 aromatic rings. The van der Waals surface area contributed by atoms with Crippen LogP contribution in [0.1, 0.15) is 63.7 Å². The Balaban J connectivity index is 1.65. The van der Waals surface area contributed by atoms with Gasteiger partial charge in [-0.25, -0.2) is 26.5 Å². The van der Waals surface area contributed by atoms with Gasteiger partial charge in [0.05, 0.1) is 32.1 Å². The third kappa shape index (κ3) is 5.72. The van der Waals surface area contributed by atoms with E-state index in [1.54, 1.807) is 23.6 Å². The summed E-state index contributed by atoms with van der Waals surface area (Å²) in [5.74, 6) is 0. The van der Waals surface area contributed by atoms with Crippen molar-refractivity contribution in [1.82, 2.24) is 9.80 Å². The lowest BCUT2D eigenvalue weighted by Gasteiger charge is -2.37. The summed E-state index contributed by atoms with van der Waals surface area (Å²) >= 11 is 2.36. The molecule has 0 fully saturated rings. The molecule has 10 nitrogen and oxygen atoms in total. The first kappa shape index (κ1) is 32.1. The molecular weight excluding hydrogens is 637 g/mol. The maximum absolute atomic E-state index is 13.2. The molecule has 0 aromatic carbocycles. The Bertz CT molecular complexity index is 1450. The predicted molar refractivity (Wildman–Crippen MR) is 159 cm³/mol. The largest absolute Gasteiger partial charge is 0.453 e. The minimum Gasteiger partial charge on any atom is -0.453 e. The minimum absolute atomic E-state index is 0.260. The van der Waals surface area contributed by atoms with Crippen molar-refractivity contribution < 1.29 is 36.2 Å². The van der Waals surface area contributed by atoms with E-state index in [9.17, 15) is 26.7 Å². The van der Waals surface area contributed by atoms with Crippen molar-refractivity contribution in [2.45, 2.75) is 86.4 Å². The number of nitrogens with zero attached hydrogens (tertiary/aromatic N) is 2. The molecule has 0 saturated heterocycles. The van der Waals surface area contributed by atoms with Gasteiger partial charge < -0.3 is 19.5 Å². The second kappa shape index (κ2) is 12.4. The zero-order valence-corrected chi connectivity index (χ0v) is 27.9. The van der Waals surface area contributed by atoms with Crippen LogP contribution < -0.4 is 0 Å². The number of aliphatic hydroxyl groups excluding tert-OH is 1. The maximum Gasteiger partial charge on any atom is 0.409 e. The second-order valence-corrected chi connectivity index (χ2v) is 19.6. The quantitative estimate of drug-likeness (QED) is 0.281. The number of sulfone groups is 2. The molecule has 2 aromatic heterocycles. The number of carbonyl (C=O) groups excluding carboxylic acids is 1. The number of thiophene rings is 2. The topological polar surface area (TPSA) is 131 Å². The fraction of sp³-hybridized carbons (Fsp3) is 0.625.